The molecule has 0 saturated heterocycles. The number of ether oxygens (including phenoxy) is 2. The van der Waals surface area contributed by atoms with Gasteiger partial charge in [-0.3, -0.25) is 4.79 Å². The number of Topliss-reactive ketones (excluding diaryl/α,β-unsaturated/α-hetero) is 1. The Morgan fingerprint density at radius 3 is 2.30 bits per heavy atom. The van der Waals surface area contributed by atoms with Crippen LogP contribution in [0.3, 0.4) is 0 Å². The fourth-order valence-electron chi connectivity index (χ4n) is 3.04. The maximum atomic E-state index is 12.8. The number of rotatable bonds is 3. The molecule has 30 heavy (non-hydrogen) atoms. The molecule has 150 valence electrons. The number of hydrogen-bond acceptors (Lipinski definition) is 4. The van der Waals surface area contributed by atoms with E-state index < -0.39 is 5.97 Å². The van der Waals surface area contributed by atoms with Gasteiger partial charge < -0.3 is 9.47 Å². The van der Waals surface area contributed by atoms with E-state index in [4.69, 9.17) is 44.3 Å². The molecule has 0 bridgehead atoms. The fourth-order valence-corrected chi connectivity index (χ4v) is 3.76. The van der Waals surface area contributed by atoms with Gasteiger partial charge in [0.15, 0.2) is 5.76 Å². The van der Waals surface area contributed by atoms with Gasteiger partial charge in [-0.05, 0) is 49.4 Å². The Bertz CT molecular complexity index is 1210. The highest BCUT2D eigenvalue weighted by atomic mass is 35.5. The Morgan fingerprint density at radius 1 is 0.933 bits per heavy atom. The summed E-state index contributed by atoms with van der Waals surface area (Å²) in [5.74, 6) is -0.250. The van der Waals surface area contributed by atoms with Crippen molar-refractivity contribution in [1.82, 2.24) is 0 Å². The van der Waals surface area contributed by atoms with Crippen molar-refractivity contribution < 1.29 is 19.1 Å². The van der Waals surface area contributed by atoms with Gasteiger partial charge >= 0.3 is 5.97 Å². The summed E-state index contributed by atoms with van der Waals surface area (Å²) in [5, 5.41) is 1.08. The van der Waals surface area contributed by atoms with E-state index in [-0.39, 0.29) is 27.9 Å². The van der Waals surface area contributed by atoms with E-state index in [1.807, 2.05) is 0 Å². The summed E-state index contributed by atoms with van der Waals surface area (Å²) in [5.41, 5.74) is 1.60. The van der Waals surface area contributed by atoms with Crippen molar-refractivity contribution in [3.63, 3.8) is 0 Å². The zero-order chi connectivity index (χ0) is 21.4. The van der Waals surface area contributed by atoms with Crippen LogP contribution in [0.5, 0.6) is 11.5 Å². The summed E-state index contributed by atoms with van der Waals surface area (Å²) < 4.78 is 11.3. The quantitative estimate of drug-likeness (QED) is 0.246. The molecular weight excluding hydrogens is 447 g/mol. The first kappa shape index (κ1) is 20.5. The number of carbonyl (C=O) groups is 2. The molecule has 0 spiro atoms. The molecule has 7 heteroatoms. The average Bonchev–Trinajstić information content (AvgIpc) is 3.03. The molecule has 0 atom stereocenters. The van der Waals surface area contributed by atoms with Gasteiger partial charge in [-0.25, -0.2) is 4.79 Å². The first-order valence-corrected chi connectivity index (χ1v) is 9.98. The van der Waals surface area contributed by atoms with Crippen LogP contribution in [0.4, 0.5) is 0 Å². The number of halogens is 3. The molecule has 0 saturated carbocycles. The standard InChI is InChI=1S/C23H13Cl3O4/c1-12-19(30-23(28)13-5-2-3-6-16(13)24)10-9-14-21(27)20(29-22(12)14)11-15-17(25)7-4-8-18(15)26/h2-11H,1H3/b20-11-. The molecule has 1 heterocycles. The molecule has 3 aromatic carbocycles. The summed E-state index contributed by atoms with van der Waals surface area (Å²) in [6.45, 7) is 1.70. The summed E-state index contributed by atoms with van der Waals surface area (Å²) in [6, 6.07) is 14.7. The molecule has 3 aromatic rings. The normalized spacial score (nSPS) is 13.9. The predicted molar refractivity (Wildman–Crippen MR) is 117 cm³/mol. The van der Waals surface area contributed by atoms with Gasteiger partial charge in [0.25, 0.3) is 0 Å². The molecule has 0 fully saturated rings. The second-order valence-corrected chi connectivity index (χ2v) is 7.73. The van der Waals surface area contributed by atoms with Crippen LogP contribution in [0.25, 0.3) is 6.08 Å². The topological polar surface area (TPSA) is 52.6 Å². The molecule has 0 radical (unpaired) electrons. The number of carbonyl (C=O) groups excluding carboxylic acids is 2. The number of fused-ring (bicyclic) bond motifs is 1. The molecule has 0 aromatic heterocycles. The molecule has 0 unspecified atom stereocenters. The van der Waals surface area contributed by atoms with Gasteiger partial charge in [0.1, 0.15) is 11.5 Å². The van der Waals surface area contributed by atoms with E-state index in [1.165, 1.54) is 6.08 Å². The zero-order valence-electron chi connectivity index (χ0n) is 15.5. The van der Waals surface area contributed by atoms with Gasteiger partial charge in [-0.2, -0.15) is 0 Å². The lowest BCUT2D eigenvalue weighted by Gasteiger charge is -2.10. The van der Waals surface area contributed by atoms with Gasteiger partial charge in [-0.1, -0.05) is 53.0 Å². The van der Waals surface area contributed by atoms with Gasteiger partial charge in [0.2, 0.25) is 5.78 Å². The van der Waals surface area contributed by atoms with Crippen LogP contribution in [0.15, 0.2) is 60.4 Å². The van der Waals surface area contributed by atoms with Gasteiger partial charge in [0, 0.05) is 21.2 Å². The second-order valence-electron chi connectivity index (χ2n) is 6.51. The third kappa shape index (κ3) is 3.70. The maximum Gasteiger partial charge on any atom is 0.345 e. The third-order valence-corrected chi connectivity index (χ3v) is 5.60. The van der Waals surface area contributed by atoms with E-state index in [9.17, 15) is 9.59 Å². The summed E-state index contributed by atoms with van der Waals surface area (Å²) >= 11 is 18.4. The molecule has 0 amide bonds. The van der Waals surface area contributed by atoms with Crippen LogP contribution in [-0.2, 0) is 0 Å². The van der Waals surface area contributed by atoms with Crippen molar-refractivity contribution in [1.29, 1.82) is 0 Å². The van der Waals surface area contributed by atoms with Crippen LogP contribution in [0, 0.1) is 6.92 Å². The van der Waals surface area contributed by atoms with E-state index in [0.717, 1.165) is 0 Å². The monoisotopic (exact) mass is 458 g/mol. The van der Waals surface area contributed by atoms with Gasteiger partial charge in [0.05, 0.1) is 16.1 Å². The lowest BCUT2D eigenvalue weighted by Crippen LogP contribution is -2.10. The third-order valence-electron chi connectivity index (χ3n) is 4.61. The number of benzene rings is 3. The number of ketones is 1. The molecule has 0 aliphatic carbocycles. The lowest BCUT2D eigenvalue weighted by atomic mass is 10.1. The summed E-state index contributed by atoms with van der Waals surface area (Å²) in [6.07, 6.45) is 1.50. The van der Waals surface area contributed by atoms with Crippen LogP contribution >= 0.6 is 34.8 Å². The highest BCUT2D eigenvalue weighted by Gasteiger charge is 2.31. The summed E-state index contributed by atoms with van der Waals surface area (Å²) in [7, 11) is 0. The Labute approximate surface area is 187 Å². The summed E-state index contributed by atoms with van der Waals surface area (Å²) in [4.78, 5) is 25.2. The molecule has 4 rings (SSSR count). The van der Waals surface area contributed by atoms with E-state index in [0.29, 0.717) is 32.5 Å². The van der Waals surface area contributed by atoms with Crippen LogP contribution < -0.4 is 9.47 Å². The smallest absolute Gasteiger partial charge is 0.345 e. The molecular formula is C23H13Cl3O4. The molecule has 1 aliphatic heterocycles. The fraction of sp³-hybridized carbons (Fsp3) is 0.0435. The van der Waals surface area contributed by atoms with Crippen LogP contribution in [-0.4, -0.2) is 11.8 Å². The van der Waals surface area contributed by atoms with Crippen molar-refractivity contribution in [2.45, 2.75) is 6.92 Å². The average molecular weight is 460 g/mol. The van der Waals surface area contributed by atoms with E-state index >= 15 is 0 Å². The van der Waals surface area contributed by atoms with Crippen LogP contribution in [0.2, 0.25) is 15.1 Å². The minimum Gasteiger partial charge on any atom is -0.452 e. The molecule has 1 aliphatic rings. The number of allylic oxidation sites excluding steroid dienone is 1. The number of esters is 1. The minimum absolute atomic E-state index is 0.0812. The van der Waals surface area contributed by atoms with E-state index in [2.05, 4.69) is 0 Å². The number of hydrogen-bond donors (Lipinski definition) is 0. The largest absolute Gasteiger partial charge is 0.452 e. The van der Waals surface area contributed by atoms with Crippen molar-refractivity contribution in [2.75, 3.05) is 0 Å². The molecule has 4 nitrogen and oxygen atoms in total. The second kappa shape index (κ2) is 8.15. The highest BCUT2D eigenvalue weighted by Crippen LogP contribution is 2.40. The Balaban J connectivity index is 1.66. The first-order valence-electron chi connectivity index (χ1n) is 8.85. The van der Waals surface area contributed by atoms with E-state index in [1.54, 1.807) is 61.5 Å². The van der Waals surface area contributed by atoms with Crippen molar-refractivity contribution in [2.24, 2.45) is 0 Å². The predicted octanol–water partition coefficient (Wildman–Crippen LogP) is 6.79. The Morgan fingerprint density at radius 2 is 1.60 bits per heavy atom. The Kier molecular flexibility index (Phi) is 5.56. The van der Waals surface area contributed by atoms with Crippen molar-refractivity contribution in [3.05, 3.63) is 97.7 Å². The lowest BCUT2D eigenvalue weighted by molar-refractivity contribution is 0.0733. The minimum atomic E-state index is -0.605. The maximum absolute atomic E-state index is 12.8. The van der Waals surface area contributed by atoms with Crippen molar-refractivity contribution in [3.8, 4) is 11.5 Å². The first-order chi connectivity index (χ1) is 14.4. The zero-order valence-corrected chi connectivity index (χ0v) is 17.8. The highest BCUT2D eigenvalue weighted by molar-refractivity contribution is 6.37. The molecule has 0 N–H and O–H groups in total. The SMILES string of the molecule is Cc1c(OC(=O)c2ccccc2Cl)ccc2c1O/C(=C\c1c(Cl)cccc1Cl)C2=O. The van der Waals surface area contributed by atoms with Crippen molar-refractivity contribution >= 4 is 52.6 Å². The van der Waals surface area contributed by atoms with Crippen LogP contribution in [0.1, 0.15) is 31.8 Å². The Hall–Kier alpha value is -2.79. The van der Waals surface area contributed by atoms with Gasteiger partial charge in [-0.15, -0.1) is 0 Å².